The SMILES string of the molecule is CCNC1CC(CO)Oc2cc(Br)ccc21. The third-order valence-electron chi connectivity index (χ3n) is 2.80. The van der Waals surface area contributed by atoms with Crippen molar-refractivity contribution >= 4 is 15.9 Å². The quantitative estimate of drug-likeness (QED) is 0.895. The molecule has 2 atom stereocenters. The third-order valence-corrected chi connectivity index (χ3v) is 3.29. The maximum absolute atomic E-state index is 9.21. The highest BCUT2D eigenvalue weighted by atomic mass is 79.9. The van der Waals surface area contributed by atoms with E-state index in [0.717, 1.165) is 23.2 Å². The fourth-order valence-corrected chi connectivity index (χ4v) is 2.41. The van der Waals surface area contributed by atoms with Gasteiger partial charge in [0.05, 0.1) is 6.61 Å². The second-order valence-electron chi connectivity index (χ2n) is 3.95. The number of hydrogen-bond donors (Lipinski definition) is 2. The van der Waals surface area contributed by atoms with Gasteiger partial charge in [-0.25, -0.2) is 0 Å². The average Bonchev–Trinajstić information content (AvgIpc) is 2.28. The third kappa shape index (κ3) is 2.39. The number of ether oxygens (including phenoxy) is 1. The van der Waals surface area contributed by atoms with Crippen molar-refractivity contribution in [2.75, 3.05) is 13.2 Å². The zero-order valence-electron chi connectivity index (χ0n) is 9.24. The van der Waals surface area contributed by atoms with Gasteiger partial charge in [0.25, 0.3) is 0 Å². The first kappa shape index (κ1) is 11.9. The Hall–Kier alpha value is -0.580. The molecular formula is C12H16BrNO2. The van der Waals surface area contributed by atoms with Crippen molar-refractivity contribution < 1.29 is 9.84 Å². The zero-order chi connectivity index (χ0) is 11.5. The summed E-state index contributed by atoms with van der Waals surface area (Å²) < 4.78 is 6.72. The highest BCUT2D eigenvalue weighted by Crippen LogP contribution is 2.36. The molecule has 0 radical (unpaired) electrons. The average molecular weight is 286 g/mol. The standard InChI is InChI=1S/C12H16BrNO2/c1-2-14-11-6-9(7-15)16-12-5-8(13)3-4-10(11)12/h3-5,9,11,14-15H,2,6-7H2,1H3. The van der Waals surface area contributed by atoms with E-state index in [1.165, 1.54) is 5.56 Å². The number of halogens is 1. The number of nitrogens with one attached hydrogen (secondary N) is 1. The van der Waals surface area contributed by atoms with Gasteiger partial charge in [0.1, 0.15) is 11.9 Å². The van der Waals surface area contributed by atoms with E-state index in [2.05, 4.69) is 34.2 Å². The first-order valence-electron chi connectivity index (χ1n) is 5.55. The molecule has 0 spiro atoms. The summed E-state index contributed by atoms with van der Waals surface area (Å²) in [6, 6.07) is 6.33. The first-order valence-corrected chi connectivity index (χ1v) is 6.34. The van der Waals surface area contributed by atoms with Crippen LogP contribution < -0.4 is 10.1 Å². The van der Waals surface area contributed by atoms with Gasteiger partial charge < -0.3 is 15.2 Å². The molecular weight excluding hydrogens is 270 g/mol. The molecule has 1 aliphatic rings. The van der Waals surface area contributed by atoms with Crippen LogP contribution in [0.25, 0.3) is 0 Å². The van der Waals surface area contributed by atoms with E-state index in [-0.39, 0.29) is 18.8 Å². The molecule has 1 aromatic rings. The Morgan fingerprint density at radius 2 is 2.38 bits per heavy atom. The molecule has 0 saturated heterocycles. The Balaban J connectivity index is 2.30. The van der Waals surface area contributed by atoms with Gasteiger partial charge in [-0.3, -0.25) is 0 Å². The molecule has 2 rings (SSSR count). The van der Waals surface area contributed by atoms with Gasteiger partial charge in [0.15, 0.2) is 0 Å². The van der Waals surface area contributed by atoms with Crippen molar-refractivity contribution in [3.63, 3.8) is 0 Å². The van der Waals surface area contributed by atoms with Crippen molar-refractivity contribution in [1.29, 1.82) is 0 Å². The summed E-state index contributed by atoms with van der Waals surface area (Å²) in [5.41, 5.74) is 1.18. The summed E-state index contributed by atoms with van der Waals surface area (Å²) in [5, 5.41) is 12.6. The minimum Gasteiger partial charge on any atom is -0.488 e. The molecule has 2 N–H and O–H groups in total. The van der Waals surface area contributed by atoms with E-state index in [1.807, 2.05) is 12.1 Å². The lowest BCUT2D eigenvalue weighted by Gasteiger charge is -2.31. The van der Waals surface area contributed by atoms with Gasteiger partial charge in [0.2, 0.25) is 0 Å². The second-order valence-corrected chi connectivity index (χ2v) is 4.87. The van der Waals surface area contributed by atoms with Crippen LogP contribution in [0, 0.1) is 0 Å². The monoisotopic (exact) mass is 285 g/mol. The fraction of sp³-hybridized carbons (Fsp3) is 0.500. The number of aliphatic hydroxyl groups is 1. The highest BCUT2D eigenvalue weighted by Gasteiger charge is 2.27. The molecule has 1 aliphatic heterocycles. The molecule has 1 heterocycles. The van der Waals surface area contributed by atoms with Gasteiger partial charge in [0, 0.05) is 22.5 Å². The fourth-order valence-electron chi connectivity index (χ4n) is 2.07. The van der Waals surface area contributed by atoms with Gasteiger partial charge in [-0.1, -0.05) is 28.9 Å². The van der Waals surface area contributed by atoms with Crippen LogP contribution in [0.5, 0.6) is 5.75 Å². The lowest BCUT2D eigenvalue weighted by atomic mass is 9.97. The lowest BCUT2D eigenvalue weighted by molar-refractivity contribution is 0.0837. The van der Waals surface area contributed by atoms with Crippen LogP contribution in [0.1, 0.15) is 24.9 Å². The predicted octanol–water partition coefficient (Wildman–Crippen LogP) is 2.24. The molecule has 88 valence electrons. The normalized spacial score (nSPS) is 23.7. The molecule has 0 bridgehead atoms. The van der Waals surface area contributed by atoms with E-state index >= 15 is 0 Å². The maximum atomic E-state index is 9.21. The molecule has 0 amide bonds. The van der Waals surface area contributed by atoms with Crippen LogP contribution in [0.15, 0.2) is 22.7 Å². The summed E-state index contributed by atoms with van der Waals surface area (Å²) in [7, 11) is 0. The van der Waals surface area contributed by atoms with Crippen LogP contribution in [0.3, 0.4) is 0 Å². The largest absolute Gasteiger partial charge is 0.488 e. The molecule has 0 saturated carbocycles. The van der Waals surface area contributed by atoms with Gasteiger partial charge in [-0.05, 0) is 18.7 Å². The Morgan fingerprint density at radius 3 is 3.06 bits per heavy atom. The molecule has 3 nitrogen and oxygen atoms in total. The van der Waals surface area contributed by atoms with Crippen LogP contribution >= 0.6 is 15.9 Å². The molecule has 1 aromatic carbocycles. The zero-order valence-corrected chi connectivity index (χ0v) is 10.8. The number of aliphatic hydroxyl groups excluding tert-OH is 1. The van der Waals surface area contributed by atoms with Crippen LogP contribution in [-0.4, -0.2) is 24.4 Å². The van der Waals surface area contributed by atoms with Crippen LogP contribution in [-0.2, 0) is 0 Å². The smallest absolute Gasteiger partial charge is 0.125 e. The highest BCUT2D eigenvalue weighted by molar-refractivity contribution is 9.10. The maximum Gasteiger partial charge on any atom is 0.125 e. The summed E-state index contributed by atoms with van der Waals surface area (Å²) >= 11 is 3.43. The number of rotatable bonds is 3. The Labute approximate surface area is 104 Å². The second kappa shape index (κ2) is 5.17. The van der Waals surface area contributed by atoms with Gasteiger partial charge in [-0.15, -0.1) is 0 Å². The summed E-state index contributed by atoms with van der Waals surface area (Å²) in [6.45, 7) is 3.06. The van der Waals surface area contributed by atoms with E-state index in [4.69, 9.17) is 4.74 Å². The molecule has 0 aromatic heterocycles. The van der Waals surface area contributed by atoms with Crippen molar-refractivity contribution in [1.82, 2.24) is 5.32 Å². The van der Waals surface area contributed by atoms with E-state index in [0.29, 0.717) is 0 Å². The number of fused-ring (bicyclic) bond motifs is 1. The van der Waals surface area contributed by atoms with Crippen LogP contribution in [0.4, 0.5) is 0 Å². The summed E-state index contributed by atoms with van der Waals surface area (Å²) in [4.78, 5) is 0. The van der Waals surface area contributed by atoms with Gasteiger partial charge >= 0.3 is 0 Å². The first-order chi connectivity index (χ1) is 7.74. The topological polar surface area (TPSA) is 41.5 Å². The molecule has 0 aliphatic carbocycles. The summed E-state index contributed by atoms with van der Waals surface area (Å²) in [5.74, 6) is 0.866. The molecule has 16 heavy (non-hydrogen) atoms. The van der Waals surface area contributed by atoms with Crippen LogP contribution in [0.2, 0.25) is 0 Å². The van der Waals surface area contributed by atoms with E-state index in [1.54, 1.807) is 0 Å². The number of benzene rings is 1. The van der Waals surface area contributed by atoms with Crippen molar-refractivity contribution in [2.24, 2.45) is 0 Å². The van der Waals surface area contributed by atoms with E-state index in [9.17, 15) is 5.11 Å². The summed E-state index contributed by atoms with van der Waals surface area (Å²) in [6.07, 6.45) is 0.713. The Morgan fingerprint density at radius 1 is 1.56 bits per heavy atom. The predicted molar refractivity (Wildman–Crippen MR) is 66.7 cm³/mol. The Kier molecular flexibility index (Phi) is 3.84. The molecule has 4 heteroatoms. The minimum absolute atomic E-state index is 0.0633. The van der Waals surface area contributed by atoms with E-state index < -0.39 is 0 Å². The van der Waals surface area contributed by atoms with Crippen molar-refractivity contribution in [3.8, 4) is 5.75 Å². The van der Waals surface area contributed by atoms with Gasteiger partial charge in [-0.2, -0.15) is 0 Å². The number of hydrogen-bond acceptors (Lipinski definition) is 3. The van der Waals surface area contributed by atoms with Crippen molar-refractivity contribution in [2.45, 2.75) is 25.5 Å². The minimum atomic E-state index is -0.106. The molecule has 2 unspecified atom stereocenters. The lowest BCUT2D eigenvalue weighted by Crippen LogP contribution is -2.34. The molecule has 0 fully saturated rings. The van der Waals surface area contributed by atoms with Crippen molar-refractivity contribution in [3.05, 3.63) is 28.2 Å². The Bertz CT molecular complexity index is 370.